The van der Waals surface area contributed by atoms with Crippen LogP contribution in [0.25, 0.3) is 0 Å². The zero-order valence-corrected chi connectivity index (χ0v) is 11.1. The molecule has 0 aliphatic heterocycles. The van der Waals surface area contributed by atoms with Crippen LogP contribution in [0.2, 0.25) is 0 Å². The van der Waals surface area contributed by atoms with Crippen molar-refractivity contribution >= 4 is 0 Å². The molecule has 0 radical (unpaired) electrons. The third-order valence-corrected chi connectivity index (χ3v) is 3.15. The average Bonchev–Trinajstić information content (AvgIpc) is 2.96. The summed E-state index contributed by atoms with van der Waals surface area (Å²) in [7, 11) is 0. The highest BCUT2D eigenvalue weighted by Gasteiger charge is 2.34. The van der Waals surface area contributed by atoms with E-state index in [1.807, 2.05) is 0 Å². The fourth-order valence-electron chi connectivity index (χ4n) is 1.95. The van der Waals surface area contributed by atoms with E-state index in [4.69, 9.17) is 0 Å². The van der Waals surface area contributed by atoms with E-state index >= 15 is 0 Å². The molecule has 1 saturated carbocycles. The van der Waals surface area contributed by atoms with Gasteiger partial charge in [-0.25, -0.2) is 0 Å². The van der Waals surface area contributed by atoms with Crippen molar-refractivity contribution in [1.29, 1.82) is 0 Å². The number of allylic oxidation sites excluding steroid dienone is 2. The Balaban J connectivity index is 2.03. The van der Waals surface area contributed by atoms with Crippen LogP contribution in [0.3, 0.4) is 0 Å². The van der Waals surface area contributed by atoms with Gasteiger partial charge >= 0.3 is 0 Å². The van der Waals surface area contributed by atoms with Crippen molar-refractivity contribution in [3.63, 3.8) is 0 Å². The van der Waals surface area contributed by atoms with Crippen molar-refractivity contribution in [3.05, 3.63) is 12.2 Å². The molecule has 1 aliphatic carbocycles. The van der Waals surface area contributed by atoms with E-state index < -0.39 is 0 Å². The summed E-state index contributed by atoms with van der Waals surface area (Å²) in [6.07, 6.45) is 12.5. The maximum atomic E-state index is 3.31. The lowest BCUT2D eigenvalue weighted by Crippen LogP contribution is -1.82. The van der Waals surface area contributed by atoms with Crippen LogP contribution in [-0.2, 0) is 0 Å². The van der Waals surface area contributed by atoms with Gasteiger partial charge in [-0.05, 0) is 31.1 Å². The highest BCUT2D eigenvalue weighted by atomic mass is 14.4. The third-order valence-electron chi connectivity index (χ3n) is 3.15. The van der Waals surface area contributed by atoms with E-state index in [1.165, 1.54) is 32.1 Å². The number of unbranched alkanes of at least 4 members (excludes halogenated alkanes) is 2. The highest BCUT2D eigenvalue weighted by molar-refractivity contribution is 5.06. The molecule has 1 aliphatic rings. The quantitative estimate of drug-likeness (QED) is 0.341. The first-order chi connectivity index (χ1) is 7.74. The minimum Gasteiger partial charge on any atom is -0.103 e. The first-order valence-corrected chi connectivity index (χ1v) is 6.87. The number of rotatable bonds is 6. The zero-order chi connectivity index (χ0) is 11.8. The summed E-state index contributed by atoms with van der Waals surface area (Å²) >= 11 is 0. The molecule has 0 heterocycles. The Bertz CT molecular complexity index is 261. The summed E-state index contributed by atoms with van der Waals surface area (Å²) in [5.74, 6) is 8.95. The SMILES string of the molecule is CCCC/C=C/CC1CC1CC#CC(C)C. The molecule has 0 N–H and O–H groups in total. The molecule has 0 aromatic carbocycles. The summed E-state index contributed by atoms with van der Waals surface area (Å²) in [6.45, 7) is 6.57. The van der Waals surface area contributed by atoms with Crippen LogP contribution in [0.4, 0.5) is 0 Å². The van der Waals surface area contributed by atoms with Gasteiger partial charge in [0.1, 0.15) is 0 Å². The largest absolute Gasteiger partial charge is 0.103 e. The van der Waals surface area contributed by atoms with Gasteiger partial charge in [-0.1, -0.05) is 45.8 Å². The molecule has 0 aromatic heterocycles. The zero-order valence-electron chi connectivity index (χ0n) is 11.1. The van der Waals surface area contributed by atoms with E-state index in [9.17, 15) is 0 Å². The lowest BCUT2D eigenvalue weighted by atomic mass is 10.1. The van der Waals surface area contributed by atoms with Crippen molar-refractivity contribution in [3.8, 4) is 11.8 Å². The van der Waals surface area contributed by atoms with Gasteiger partial charge in [0.2, 0.25) is 0 Å². The molecule has 0 spiro atoms. The van der Waals surface area contributed by atoms with Crippen molar-refractivity contribution in [1.82, 2.24) is 0 Å². The molecule has 0 saturated heterocycles. The van der Waals surface area contributed by atoms with Crippen molar-refractivity contribution < 1.29 is 0 Å². The normalized spacial score (nSPS) is 23.5. The molecule has 1 fully saturated rings. The molecule has 0 nitrogen and oxygen atoms in total. The average molecular weight is 218 g/mol. The summed E-state index contributed by atoms with van der Waals surface area (Å²) in [6, 6.07) is 0. The maximum absolute atomic E-state index is 3.31. The van der Waals surface area contributed by atoms with Gasteiger partial charge in [-0.15, -0.1) is 11.8 Å². The fraction of sp³-hybridized carbons (Fsp3) is 0.750. The smallest absolute Gasteiger partial charge is 0.0146 e. The second-order valence-corrected chi connectivity index (χ2v) is 5.29. The minimum absolute atomic E-state index is 0.533. The second-order valence-electron chi connectivity index (χ2n) is 5.29. The first-order valence-electron chi connectivity index (χ1n) is 6.87. The van der Waals surface area contributed by atoms with E-state index in [0.29, 0.717) is 5.92 Å². The highest BCUT2D eigenvalue weighted by Crippen LogP contribution is 2.43. The second kappa shape index (κ2) is 7.55. The summed E-state index contributed by atoms with van der Waals surface area (Å²) in [5, 5.41) is 0. The van der Waals surface area contributed by atoms with Crippen molar-refractivity contribution in [2.24, 2.45) is 17.8 Å². The van der Waals surface area contributed by atoms with Crippen LogP contribution in [0.15, 0.2) is 12.2 Å². The van der Waals surface area contributed by atoms with Crippen molar-refractivity contribution in [2.45, 2.75) is 59.3 Å². The lowest BCUT2D eigenvalue weighted by Gasteiger charge is -1.92. The standard InChI is InChI=1S/C16H26/c1-4-5-6-7-8-11-15-13-16(15)12-9-10-14(2)3/h7-8,14-16H,4-6,11-13H2,1-3H3/b8-7+. The Kier molecular flexibility index (Phi) is 6.31. The summed E-state index contributed by atoms with van der Waals surface area (Å²) in [4.78, 5) is 0. The Morgan fingerprint density at radius 3 is 2.75 bits per heavy atom. The molecule has 0 amide bonds. The molecular formula is C16H26. The third kappa shape index (κ3) is 6.01. The van der Waals surface area contributed by atoms with Crippen LogP contribution in [0.5, 0.6) is 0 Å². The van der Waals surface area contributed by atoms with Gasteiger partial charge in [0.15, 0.2) is 0 Å². The molecule has 2 atom stereocenters. The van der Waals surface area contributed by atoms with Gasteiger partial charge in [0.25, 0.3) is 0 Å². The summed E-state index contributed by atoms with van der Waals surface area (Å²) < 4.78 is 0. The van der Waals surface area contributed by atoms with Crippen LogP contribution in [0.1, 0.15) is 59.3 Å². The van der Waals surface area contributed by atoms with Crippen LogP contribution in [-0.4, -0.2) is 0 Å². The molecule has 1 rings (SSSR count). The lowest BCUT2D eigenvalue weighted by molar-refractivity contribution is 0.722. The Hall–Kier alpha value is -0.700. The topological polar surface area (TPSA) is 0 Å². The fourth-order valence-corrected chi connectivity index (χ4v) is 1.95. The molecular weight excluding hydrogens is 192 g/mol. The minimum atomic E-state index is 0.533. The van der Waals surface area contributed by atoms with Crippen LogP contribution < -0.4 is 0 Å². The van der Waals surface area contributed by atoms with E-state index in [0.717, 1.165) is 18.3 Å². The molecule has 0 heteroatoms. The molecule has 2 unspecified atom stereocenters. The van der Waals surface area contributed by atoms with Gasteiger partial charge in [-0.2, -0.15) is 0 Å². The predicted molar refractivity (Wildman–Crippen MR) is 72.1 cm³/mol. The number of hydrogen-bond acceptors (Lipinski definition) is 0. The number of hydrogen-bond donors (Lipinski definition) is 0. The summed E-state index contributed by atoms with van der Waals surface area (Å²) in [5.41, 5.74) is 0. The van der Waals surface area contributed by atoms with Crippen LogP contribution >= 0.6 is 0 Å². The Morgan fingerprint density at radius 2 is 2.06 bits per heavy atom. The Labute approximate surface area is 102 Å². The molecule has 16 heavy (non-hydrogen) atoms. The Morgan fingerprint density at radius 1 is 1.25 bits per heavy atom. The molecule has 0 aromatic rings. The van der Waals surface area contributed by atoms with Gasteiger partial charge in [0, 0.05) is 12.3 Å². The van der Waals surface area contributed by atoms with Gasteiger partial charge in [-0.3, -0.25) is 0 Å². The molecule has 90 valence electrons. The monoisotopic (exact) mass is 218 g/mol. The van der Waals surface area contributed by atoms with Crippen molar-refractivity contribution in [2.75, 3.05) is 0 Å². The van der Waals surface area contributed by atoms with Crippen LogP contribution in [0, 0.1) is 29.6 Å². The first kappa shape index (κ1) is 13.4. The van der Waals surface area contributed by atoms with E-state index in [-0.39, 0.29) is 0 Å². The van der Waals surface area contributed by atoms with E-state index in [1.54, 1.807) is 0 Å². The van der Waals surface area contributed by atoms with Gasteiger partial charge < -0.3 is 0 Å². The predicted octanol–water partition coefficient (Wildman–Crippen LogP) is 4.81. The molecule has 0 bridgehead atoms. The van der Waals surface area contributed by atoms with E-state index in [2.05, 4.69) is 44.8 Å². The maximum Gasteiger partial charge on any atom is 0.0146 e. The van der Waals surface area contributed by atoms with Gasteiger partial charge in [0.05, 0.1) is 0 Å².